The van der Waals surface area contributed by atoms with Crippen LogP contribution < -0.4 is 11.1 Å². The summed E-state index contributed by atoms with van der Waals surface area (Å²) in [6.45, 7) is 3.88. The molecule has 0 aromatic heterocycles. The lowest BCUT2D eigenvalue weighted by molar-refractivity contribution is -0.127. The largest absolute Gasteiger partial charge is 0.352 e. The van der Waals surface area contributed by atoms with Gasteiger partial charge in [-0.15, -0.1) is 0 Å². The first-order chi connectivity index (χ1) is 7.06. The van der Waals surface area contributed by atoms with Crippen LogP contribution in [-0.2, 0) is 4.79 Å². The number of rotatable bonds is 4. The van der Waals surface area contributed by atoms with E-state index in [1.165, 1.54) is 19.3 Å². The number of hydrogen-bond donors (Lipinski definition) is 2. The van der Waals surface area contributed by atoms with Crippen molar-refractivity contribution in [2.24, 2.45) is 5.73 Å². The van der Waals surface area contributed by atoms with E-state index in [-0.39, 0.29) is 5.91 Å². The minimum absolute atomic E-state index is 0.0243. The van der Waals surface area contributed by atoms with Crippen LogP contribution in [0.1, 0.15) is 58.8 Å². The molecule has 1 aliphatic rings. The van der Waals surface area contributed by atoms with Gasteiger partial charge in [0.05, 0.1) is 5.54 Å². The maximum atomic E-state index is 11.9. The molecule has 1 saturated carbocycles. The molecule has 1 aliphatic carbocycles. The van der Waals surface area contributed by atoms with Crippen LogP contribution in [0.4, 0.5) is 0 Å². The summed E-state index contributed by atoms with van der Waals surface area (Å²) in [6.07, 6.45) is 7.72. The van der Waals surface area contributed by atoms with Crippen molar-refractivity contribution < 1.29 is 4.79 Å². The number of nitrogens with one attached hydrogen (secondary N) is 1. The van der Waals surface area contributed by atoms with Crippen molar-refractivity contribution in [3.05, 3.63) is 0 Å². The molecule has 3 nitrogen and oxygen atoms in total. The molecule has 88 valence electrons. The Morgan fingerprint density at radius 2 is 2.00 bits per heavy atom. The molecule has 1 atom stereocenters. The number of carbonyl (C=O) groups is 1. The molecule has 0 aromatic rings. The molecule has 1 fully saturated rings. The van der Waals surface area contributed by atoms with Gasteiger partial charge in [-0.3, -0.25) is 4.79 Å². The van der Waals surface area contributed by atoms with E-state index >= 15 is 0 Å². The third-order valence-electron chi connectivity index (χ3n) is 3.23. The first-order valence-corrected chi connectivity index (χ1v) is 6.16. The Kier molecular flexibility index (Phi) is 4.58. The third kappa shape index (κ3) is 3.82. The highest BCUT2D eigenvalue weighted by molar-refractivity contribution is 5.85. The first kappa shape index (κ1) is 12.5. The highest BCUT2D eigenvalue weighted by Gasteiger charge is 2.29. The van der Waals surface area contributed by atoms with Gasteiger partial charge in [-0.25, -0.2) is 0 Å². The van der Waals surface area contributed by atoms with E-state index in [0.29, 0.717) is 6.04 Å². The zero-order valence-electron chi connectivity index (χ0n) is 10.0. The van der Waals surface area contributed by atoms with E-state index < -0.39 is 5.54 Å². The summed E-state index contributed by atoms with van der Waals surface area (Å²) >= 11 is 0. The summed E-state index contributed by atoms with van der Waals surface area (Å²) in [5.74, 6) is 0.0243. The second-order valence-electron chi connectivity index (χ2n) is 4.98. The van der Waals surface area contributed by atoms with Crippen molar-refractivity contribution in [3.8, 4) is 0 Å². The molecule has 3 heteroatoms. The fourth-order valence-corrected chi connectivity index (χ4v) is 2.23. The zero-order valence-corrected chi connectivity index (χ0v) is 10.0. The molecule has 15 heavy (non-hydrogen) atoms. The molecule has 0 spiro atoms. The van der Waals surface area contributed by atoms with Gasteiger partial charge < -0.3 is 11.1 Å². The van der Waals surface area contributed by atoms with Crippen molar-refractivity contribution in [3.63, 3.8) is 0 Å². The van der Waals surface area contributed by atoms with E-state index in [1.54, 1.807) is 0 Å². The number of hydrogen-bond acceptors (Lipinski definition) is 2. The minimum atomic E-state index is -0.688. The SMILES string of the molecule is CCCC(C)(N)C(=O)NC1CCCCC1. The van der Waals surface area contributed by atoms with Crippen LogP contribution in [0.15, 0.2) is 0 Å². The van der Waals surface area contributed by atoms with Gasteiger partial charge in [0.1, 0.15) is 0 Å². The third-order valence-corrected chi connectivity index (χ3v) is 3.23. The molecule has 0 bridgehead atoms. The Morgan fingerprint density at radius 1 is 1.40 bits per heavy atom. The fourth-order valence-electron chi connectivity index (χ4n) is 2.23. The highest BCUT2D eigenvalue weighted by atomic mass is 16.2. The van der Waals surface area contributed by atoms with Gasteiger partial charge in [0, 0.05) is 6.04 Å². The van der Waals surface area contributed by atoms with Crippen LogP contribution in [0, 0.1) is 0 Å². The average molecular weight is 212 g/mol. The Bertz CT molecular complexity index is 208. The van der Waals surface area contributed by atoms with E-state index in [2.05, 4.69) is 12.2 Å². The Hall–Kier alpha value is -0.570. The van der Waals surface area contributed by atoms with Crippen LogP contribution in [0.2, 0.25) is 0 Å². The van der Waals surface area contributed by atoms with Crippen molar-refractivity contribution >= 4 is 5.91 Å². The molecule has 0 aliphatic heterocycles. The molecule has 1 amide bonds. The van der Waals surface area contributed by atoms with Crippen LogP contribution in [0.3, 0.4) is 0 Å². The molecule has 1 rings (SSSR count). The standard InChI is InChI=1S/C12H24N2O/c1-3-9-12(2,13)11(15)14-10-7-5-4-6-8-10/h10H,3-9,13H2,1-2H3,(H,14,15). The summed E-state index contributed by atoms with van der Waals surface area (Å²) in [6, 6.07) is 0.367. The fraction of sp³-hybridized carbons (Fsp3) is 0.917. The Labute approximate surface area is 92.8 Å². The second-order valence-corrected chi connectivity index (χ2v) is 4.98. The van der Waals surface area contributed by atoms with Crippen molar-refractivity contribution in [2.75, 3.05) is 0 Å². The quantitative estimate of drug-likeness (QED) is 0.748. The second kappa shape index (κ2) is 5.50. The number of nitrogens with two attached hydrogens (primary N) is 1. The number of amides is 1. The zero-order chi connectivity index (χ0) is 11.3. The smallest absolute Gasteiger partial charge is 0.240 e. The molecule has 0 radical (unpaired) electrons. The lowest BCUT2D eigenvalue weighted by atomic mass is 9.92. The van der Waals surface area contributed by atoms with Crippen molar-refractivity contribution in [1.29, 1.82) is 0 Å². The van der Waals surface area contributed by atoms with E-state index in [1.807, 2.05) is 6.92 Å². The molecule has 0 heterocycles. The summed E-state index contributed by atoms with van der Waals surface area (Å²) < 4.78 is 0. The molecule has 0 saturated heterocycles. The average Bonchev–Trinajstić information content (AvgIpc) is 2.19. The van der Waals surface area contributed by atoms with Crippen LogP contribution in [-0.4, -0.2) is 17.5 Å². The lowest BCUT2D eigenvalue weighted by Crippen LogP contribution is -2.54. The van der Waals surface area contributed by atoms with Gasteiger partial charge in [-0.1, -0.05) is 32.6 Å². The van der Waals surface area contributed by atoms with Gasteiger partial charge in [0.2, 0.25) is 5.91 Å². The van der Waals surface area contributed by atoms with E-state index in [0.717, 1.165) is 25.7 Å². The maximum absolute atomic E-state index is 11.9. The summed E-state index contributed by atoms with van der Waals surface area (Å²) in [5.41, 5.74) is 5.29. The normalized spacial score (nSPS) is 22.1. The topological polar surface area (TPSA) is 55.1 Å². The Morgan fingerprint density at radius 3 is 2.53 bits per heavy atom. The van der Waals surface area contributed by atoms with Gasteiger partial charge in [0.25, 0.3) is 0 Å². The molecule has 3 N–H and O–H groups in total. The van der Waals surface area contributed by atoms with Crippen LogP contribution in [0.25, 0.3) is 0 Å². The van der Waals surface area contributed by atoms with Crippen molar-refractivity contribution in [1.82, 2.24) is 5.32 Å². The summed E-state index contributed by atoms with van der Waals surface area (Å²) in [5, 5.41) is 3.08. The molecule has 0 aromatic carbocycles. The van der Waals surface area contributed by atoms with E-state index in [4.69, 9.17) is 5.73 Å². The number of carbonyl (C=O) groups excluding carboxylic acids is 1. The van der Waals surface area contributed by atoms with E-state index in [9.17, 15) is 4.79 Å². The molecule has 1 unspecified atom stereocenters. The summed E-state index contributed by atoms with van der Waals surface area (Å²) in [7, 11) is 0. The lowest BCUT2D eigenvalue weighted by Gasteiger charge is -2.29. The maximum Gasteiger partial charge on any atom is 0.240 e. The first-order valence-electron chi connectivity index (χ1n) is 6.16. The van der Waals surface area contributed by atoms with Gasteiger partial charge in [-0.05, 0) is 26.2 Å². The van der Waals surface area contributed by atoms with Crippen molar-refractivity contribution in [2.45, 2.75) is 70.4 Å². The predicted molar refractivity (Wildman–Crippen MR) is 62.5 cm³/mol. The van der Waals surface area contributed by atoms with Crippen LogP contribution >= 0.6 is 0 Å². The van der Waals surface area contributed by atoms with Gasteiger partial charge in [0.15, 0.2) is 0 Å². The molecular formula is C12H24N2O. The Balaban J connectivity index is 2.39. The summed E-state index contributed by atoms with van der Waals surface area (Å²) in [4.78, 5) is 11.9. The predicted octanol–water partition coefficient (Wildman–Crippen LogP) is 1.95. The van der Waals surface area contributed by atoms with Gasteiger partial charge in [-0.2, -0.15) is 0 Å². The van der Waals surface area contributed by atoms with Gasteiger partial charge >= 0.3 is 0 Å². The monoisotopic (exact) mass is 212 g/mol. The van der Waals surface area contributed by atoms with Crippen LogP contribution in [0.5, 0.6) is 0 Å². The highest BCUT2D eigenvalue weighted by Crippen LogP contribution is 2.18. The minimum Gasteiger partial charge on any atom is -0.352 e. The molecular weight excluding hydrogens is 188 g/mol.